The lowest BCUT2D eigenvalue weighted by Crippen LogP contribution is -2.16. The molecule has 23 heavy (non-hydrogen) atoms. The van der Waals surface area contributed by atoms with Crippen molar-refractivity contribution in [3.8, 4) is 0 Å². The zero-order chi connectivity index (χ0) is 17.0. The molecule has 0 aliphatic carbocycles. The summed E-state index contributed by atoms with van der Waals surface area (Å²) in [6.45, 7) is 17.9. The normalized spacial score (nSPS) is 15.0. The zero-order valence-electron chi connectivity index (χ0n) is 14.9. The van der Waals surface area contributed by atoms with E-state index in [4.69, 9.17) is 0 Å². The van der Waals surface area contributed by atoms with Gasteiger partial charge in [-0.05, 0) is 48.8 Å². The fourth-order valence-electron chi connectivity index (χ4n) is 3.51. The Morgan fingerprint density at radius 2 is 1.57 bits per heavy atom. The topological polar surface area (TPSA) is 4.93 Å². The van der Waals surface area contributed by atoms with Crippen LogP contribution in [0.15, 0.2) is 61.7 Å². The van der Waals surface area contributed by atoms with Crippen molar-refractivity contribution in [3.63, 3.8) is 0 Å². The highest BCUT2D eigenvalue weighted by Crippen LogP contribution is 2.37. The number of aryl methyl sites for hydroxylation is 1. The van der Waals surface area contributed by atoms with Gasteiger partial charge in [-0.2, -0.15) is 0 Å². The maximum atomic E-state index is 4.01. The molecule has 1 nitrogen and oxygen atoms in total. The summed E-state index contributed by atoms with van der Waals surface area (Å²) in [5.74, 6) is 1.28. The first-order valence-corrected chi connectivity index (χ1v) is 8.45. The molecule has 2 unspecified atom stereocenters. The van der Waals surface area contributed by atoms with Gasteiger partial charge in [0.2, 0.25) is 0 Å². The lowest BCUT2D eigenvalue weighted by atomic mass is 9.78. The molecule has 0 bridgehead atoms. The monoisotopic (exact) mass is 307 g/mol. The largest absolute Gasteiger partial charge is 0.345 e. The van der Waals surface area contributed by atoms with Gasteiger partial charge in [0.1, 0.15) is 0 Å². The maximum Gasteiger partial charge on any atom is 0.0475 e. The van der Waals surface area contributed by atoms with E-state index in [1.807, 2.05) is 0 Å². The summed E-state index contributed by atoms with van der Waals surface area (Å²) < 4.78 is 2.42. The third-order valence-electron chi connectivity index (χ3n) is 5.03. The number of allylic oxidation sites excluding steroid dienone is 2. The number of nitrogens with zero attached hydrogens (tertiary/aromatic N) is 1. The summed E-state index contributed by atoms with van der Waals surface area (Å²) in [4.78, 5) is 0. The first-order valence-electron chi connectivity index (χ1n) is 8.45. The van der Waals surface area contributed by atoms with Crippen LogP contribution in [0.1, 0.15) is 42.3 Å². The van der Waals surface area contributed by atoms with Gasteiger partial charge in [-0.1, -0.05) is 56.3 Å². The molecule has 1 aromatic carbocycles. The second-order valence-corrected chi connectivity index (χ2v) is 6.61. The second kappa shape index (κ2) is 7.50. The third kappa shape index (κ3) is 3.67. The van der Waals surface area contributed by atoms with E-state index in [1.54, 1.807) is 0 Å². The van der Waals surface area contributed by atoms with Gasteiger partial charge in [-0.3, -0.25) is 0 Å². The summed E-state index contributed by atoms with van der Waals surface area (Å²) in [6.07, 6.45) is 4.13. The Hall–Kier alpha value is -2.02. The Bertz CT molecular complexity index is 649. The lowest BCUT2D eigenvalue weighted by molar-refractivity contribution is 0.449. The average molecular weight is 307 g/mol. The van der Waals surface area contributed by atoms with Gasteiger partial charge in [0.15, 0.2) is 0 Å². The second-order valence-electron chi connectivity index (χ2n) is 6.61. The summed E-state index contributed by atoms with van der Waals surface area (Å²) in [5, 5.41) is 0. The molecule has 1 aromatic heterocycles. The first-order chi connectivity index (χ1) is 11.0. The Morgan fingerprint density at radius 1 is 1.00 bits per heavy atom. The number of benzene rings is 1. The molecule has 0 saturated carbocycles. The lowest BCUT2D eigenvalue weighted by Gasteiger charge is -2.26. The van der Waals surface area contributed by atoms with E-state index in [1.165, 1.54) is 22.5 Å². The minimum absolute atomic E-state index is 0.425. The van der Waals surface area contributed by atoms with Crippen LogP contribution in [0.3, 0.4) is 0 Å². The summed E-state index contributed by atoms with van der Waals surface area (Å²) in [5.41, 5.74) is 5.45. The third-order valence-corrected chi connectivity index (χ3v) is 5.03. The van der Waals surface area contributed by atoms with Crippen molar-refractivity contribution in [3.05, 3.63) is 84.2 Å². The van der Waals surface area contributed by atoms with E-state index >= 15 is 0 Å². The molecule has 0 fully saturated rings. The molecular formula is C22H29N. The molecule has 0 aliphatic rings. The minimum atomic E-state index is 0.425. The minimum Gasteiger partial charge on any atom is -0.345 e. The highest BCUT2D eigenvalue weighted by molar-refractivity contribution is 5.34. The first kappa shape index (κ1) is 17.3. The van der Waals surface area contributed by atoms with Crippen LogP contribution in [0.5, 0.6) is 0 Å². The van der Waals surface area contributed by atoms with E-state index in [9.17, 15) is 0 Å². The predicted molar refractivity (Wildman–Crippen MR) is 101 cm³/mol. The standard InChI is InChI=1S/C22H29N/c1-7-16(3)22(17(4)8-2)21-14-18(5)23(19(21)6)15-20-12-10-9-11-13-20/h7-14,16-17,22H,1-2,15H2,3-6H3. The van der Waals surface area contributed by atoms with Gasteiger partial charge in [0.05, 0.1) is 0 Å². The molecule has 0 amide bonds. The molecule has 0 spiro atoms. The molecular weight excluding hydrogens is 278 g/mol. The highest BCUT2D eigenvalue weighted by atomic mass is 15.0. The van der Waals surface area contributed by atoms with Crippen molar-refractivity contribution in [2.45, 2.75) is 40.2 Å². The number of hydrogen-bond acceptors (Lipinski definition) is 0. The summed E-state index contributed by atoms with van der Waals surface area (Å²) in [7, 11) is 0. The molecule has 1 heteroatoms. The molecule has 2 rings (SSSR count). The molecule has 0 saturated heterocycles. The zero-order valence-corrected chi connectivity index (χ0v) is 14.9. The van der Waals surface area contributed by atoms with Gasteiger partial charge in [0, 0.05) is 17.9 Å². The van der Waals surface area contributed by atoms with E-state index in [2.05, 4.69) is 94.0 Å². The number of rotatable bonds is 7. The molecule has 2 atom stereocenters. The number of hydrogen-bond donors (Lipinski definition) is 0. The van der Waals surface area contributed by atoms with E-state index in [0.717, 1.165) is 6.54 Å². The van der Waals surface area contributed by atoms with Gasteiger partial charge in [0.25, 0.3) is 0 Å². The van der Waals surface area contributed by atoms with Gasteiger partial charge >= 0.3 is 0 Å². The fraction of sp³-hybridized carbons (Fsp3) is 0.364. The van der Waals surface area contributed by atoms with Crippen molar-refractivity contribution >= 4 is 0 Å². The van der Waals surface area contributed by atoms with Crippen molar-refractivity contribution in [1.29, 1.82) is 0 Å². The Morgan fingerprint density at radius 3 is 2.09 bits per heavy atom. The maximum absolute atomic E-state index is 4.01. The SMILES string of the molecule is C=CC(C)C(c1cc(C)n(Cc2ccccc2)c1C)C(C)C=C. The fourth-order valence-corrected chi connectivity index (χ4v) is 3.51. The van der Waals surface area contributed by atoms with E-state index < -0.39 is 0 Å². The van der Waals surface area contributed by atoms with Crippen LogP contribution in [0.4, 0.5) is 0 Å². The van der Waals surface area contributed by atoms with Crippen molar-refractivity contribution < 1.29 is 0 Å². The highest BCUT2D eigenvalue weighted by Gasteiger charge is 2.25. The molecule has 1 heterocycles. The molecule has 0 N–H and O–H groups in total. The van der Waals surface area contributed by atoms with Gasteiger partial charge in [-0.15, -0.1) is 13.2 Å². The molecule has 0 radical (unpaired) electrons. The van der Waals surface area contributed by atoms with Crippen molar-refractivity contribution in [2.75, 3.05) is 0 Å². The van der Waals surface area contributed by atoms with Crippen LogP contribution in [0.2, 0.25) is 0 Å². The van der Waals surface area contributed by atoms with Crippen LogP contribution in [0.25, 0.3) is 0 Å². The van der Waals surface area contributed by atoms with Gasteiger partial charge in [-0.25, -0.2) is 0 Å². The smallest absolute Gasteiger partial charge is 0.0475 e. The van der Waals surface area contributed by atoms with Crippen LogP contribution in [-0.2, 0) is 6.54 Å². The van der Waals surface area contributed by atoms with Crippen LogP contribution in [0, 0.1) is 25.7 Å². The Kier molecular flexibility index (Phi) is 5.65. The quantitative estimate of drug-likeness (QED) is 0.563. The Labute approximate surface area is 141 Å². The average Bonchev–Trinajstić information content (AvgIpc) is 2.83. The summed E-state index contributed by atoms with van der Waals surface area (Å²) >= 11 is 0. The van der Waals surface area contributed by atoms with E-state index in [0.29, 0.717) is 17.8 Å². The predicted octanol–water partition coefficient (Wildman–Crippen LogP) is 5.88. The molecule has 2 aromatic rings. The van der Waals surface area contributed by atoms with Crippen molar-refractivity contribution in [1.82, 2.24) is 4.57 Å². The summed E-state index contributed by atoms with van der Waals surface area (Å²) in [6, 6.07) is 13.0. The van der Waals surface area contributed by atoms with Crippen LogP contribution in [-0.4, -0.2) is 4.57 Å². The van der Waals surface area contributed by atoms with E-state index in [-0.39, 0.29) is 0 Å². The van der Waals surface area contributed by atoms with Crippen LogP contribution < -0.4 is 0 Å². The van der Waals surface area contributed by atoms with Crippen molar-refractivity contribution in [2.24, 2.45) is 11.8 Å². The molecule has 122 valence electrons. The molecule has 0 aliphatic heterocycles. The van der Waals surface area contributed by atoms with Crippen LogP contribution >= 0.6 is 0 Å². The number of aromatic nitrogens is 1. The van der Waals surface area contributed by atoms with Gasteiger partial charge < -0.3 is 4.57 Å². The Balaban J connectivity index is 2.42.